The average molecular weight is 287 g/mol. The SMILES string of the molecule is CCCCCCC(NC(=O)OCCCC)C(=O)OCC. The van der Waals surface area contributed by atoms with Gasteiger partial charge in [0.1, 0.15) is 6.04 Å². The van der Waals surface area contributed by atoms with E-state index in [4.69, 9.17) is 9.47 Å². The first-order valence-corrected chi connectivity index (χ1v) is 7.75. The second kappa shape index (κ2) is 12.8. The van der Waals surface area contributed by atoms with Crippen molar-refractivity contribution in [1.29, 1.82) is 0 Å². The van der Waals surface area contributed by atoms with Gasteiger partial charge in [-0.25, -0.2) is 9.59 Å². The molecule has 0 saturated carbocycles. The summed E-state index contributed by atoms with van der Waals surface area (Å²) in [6.45, 7) is 6.61. The lowest BCUT2D eigenvalue weighted by atomic mass is 10.1. The number of rotatable bonds is 11. The van der Waals surface area contributed by atoms with Crippen LogP contribution < -0.4 is 5.32 Å². The minimum atomic E-state index is -0.596. The van der Waals surface area contributed by atoms with Crippen LogP contribution in [0.2, 0.25) is 0 Å². The van der Waals surface area contributed by atoms with Crippen LogP contribution in [0, 0.1) is 0 Å². The monoisotopic (exact) mass is 287 g/mol. The predicted molar refractivity (Wildman–Crippen MR) is 78.6 cm³/mol. The minimum Gasteiger partial charge on any atom is -0.464 e. The molecule has 5 heteroatoms. The van der Waals surface area contributed by atoms with Gasteiger partial charge in [-0.3, -0.25) is 0 Å². The molecule has 1 amide bonds. The number of nitrogens with one attached hydrogen (secondary N) is 1. The van der Waals surface area contributed by atoms with Crippen LogP contribution in [-0.4, -0.2) is 31.3 Å². The van der Waals surface area contributed by atoms with Crippen molar-refractivity contribution in [3.05, 3.63) is 0 Å². The Morgan fingerprint density at radius 1 is 0.950 bits per heavy atom. The number of alkyl carbamates (subject to hydrolysis) is 1. The van der Waals surface area contributed by atoms with E-state index in [1.54, 1.807) is 6.92 Å². The summed E-state index contributed by atoms with van der Waals surface area (Å²) in [5.41, 5.74) is 0. The molecule has 0 saturated heterocycles. The van der Waals surface area contributed by atoms with E-state index in [9.17, 15) is 9.59 Å². The van der Waals surface area contributed by atoms with Crippen molar-refractivity contribution in [2.24, 2.45) is 0 Å². The fourth-order valence-corrected chi connectivity index (χ4v) is 1.76. The van der Waals surface area contributed by atoms with Gasteiger partial charge in [0.15, 0.2) is 0 Å². The summed E-state index contributed by atoms with van der Waals surface area (Å²) in [6, 6.07) is -0.596. The number of carbonyl (C=O) groups is 2. The maximum absolute atomic E-state index is 11.8. The molecule has 1 N–H and O–H groups in total. The average Bonchev–Trinajstić information content (AvgIpc) is 2.42. The zero-order valence-corrected chi connectivity index (χ0v) is 13.1. The van der Waals surface area contributed by atoms with E-state index in [0.717, 1.165) is 38.5 Å². The van der Waals surface area contributed by atoms with E-state index in [0.29, 0.717) is 19.6 Å². The Balaban J connectivity index is 4.15. The van der Waals surface area contributed by atoms with E-state index in [1.165, 1.54) is 0 Å². The lowest BCUT2D eigenvalue weighted by molar-refractivity contribution is -0.145. The van der Waals surface area contributed by atoms with Crippen LogP contribution in [0.25, 0.3) is 0 Å². The van der Waals surface area contributed by atoms with Gasteiger partial charge in [0.2, 0.25) is 0 Å². The first-order chi connectivity index (χ1) is 9.65. The Morgan fingerprint density at radius 3 is 2.25 bits per heavy atom. The smallest absolute Gasteiger partial charge is 0.407 e. The number of esters is 1. The maximum atomic E-state index is 11.8. The Bertz CT molecular complexity index is 269. The highest BCUT2D eigenvalue weighted by atomic mass is 16.6. The predicted octanol–water partition coefficient (Wildman–Crippen LogP) is 3.41. The van der Waals surface area contributed by atoms with Crippen molar-refractivity contribution in [3.63, 3.8) is 0 Å². The van der Waals surface area contributed by atoms with E-state index in [-0.39, 0.29) is 5.97 Å². The zero-order valence-electron chi connectivity index (χ0n) is 13.1. The number of hydrogen-bond acceptors (Lipinski definition) is 4. The van der Waals surface area contributed by atoms with Crippen molar-refractivity contribution < 1.29 is 19.1 Å². The van der Waals surface area contributed by atoms with Crippen LogP contribution >= 0.6 is 0 Å². The van der Waals surface area contributed by atoms with E-state index >= 15 is 0 Å². The minimum absolute atomic E-state index is 0.316. The van der Waals surface area contributed by atoms with Crippen LogP contribution in [0.5, 0.6) is 0 Å². The highest BCUT2D eigenvalue weighted by Crippen LogP contribution is 2.07. The van der Waals surface area contributed by atoms with Gasteiger partial charge in [0.25, 0.3) is 0 Å². The highest BCUT2D eigenvalue weighted by molar-refractivity contribution is 5.81. The third kappa shape index (κ3) is 9.64. The van der Waals surface area contributed by atoms with Crippen LogP contribution in [0.4, 0.5) is 4.79 Å². The number of unbranched alkanes of at least 4 members (excludes halogenated alkanes) is 4. The van der Waals surface area contributed by atoms with Crippen molar-refractivity contribution in [1.82, 2.24) is 5.32 Å². The summed E-state index contributed by atoms with van der Waals surface area (Å²) in [6.07, 6.45) is 6.08. The van der Waals surface area contributed by atoms with Crippen molar-refractivity contribution in [2.45, 2.75) is 71.8 Å². The van der Waals surface area contributed by atoms with E-state index in [2.05, 4.69) is 12.2 Å². The standard InChI is InChI=1S/C15H29NO4/c1-4-7-9-10-11-13(14(17)19-6-3)16-15(18)20-12-8-5-2/h13H,4-12H2,1-3H3,(H,16,18). The van der Waals surface area contributed by atoms with Crippen LogP contribution in [0.1, 0.15) is 65.7 Å². The molecule has 0 aliphatic carbocycles. The van der Waals surface area contributed by atoms with Crippen molar-refractivity contribution in [2.75, 3.05) is 13.2 Å². The molecule has 5 nitrogen and oxygen atoms in total. The molecule has 0 aliphatic rings. The fraction of sp³-hybridized carbons (Fsp3) is 0.867. The van der Waals surface area contributed by atoms with E-state index < -0.39 is 12.1 Å². The summed E-state index contributed by atoms with van der Waals surface area (Å²) in [5, 5.41) is 2.60. The van der Waals surface area contributed by atoms with Crippen molar-refractivity contribution >= 4 is 12.1 Å². The first-order valence-electron chi connectivity index (χ1n) is 7.75. The number of ether oxygens (including phenoxy) is 2. The summed E-state index contributed by atoms with van der Waals surface area (Å²) >= 11 is 0. The molecule has 118 valence electrons. The normalized spacial score (nSPS) is 11.8. The Labute approximate surface area is 122 Å². The molecule has 0 heterocycles. The van der Waals surface area contributed by atoms with Gasteiger partial charge in [0.05, 0.1) is 13.2 Å². The molecule has 0 aliphatic heterocycles. The number of hydrogen-bond donors (Lipinski definition) is 1. The molecule has 0 fully saturated rings. The molecule has 0 aromatic carbocycles. The molecule has 0 aromatic heterocycles. The molecule has 0 bridgehead atoms. The maximum Gasteiger partial charge on any atom is 0.407 e. The van der Waals surface area contributed by atoms with Crippen molar-refractivity contribution in [3.8, 4) is 0 Å². The summed E-state index contributed by atoms with van der Waals surface area (Å²) < 4.78 is 9.99. The van der Waals surface area contributed by atoms with Gasteiger partial charge in [-0.2, -0.15) is 0 Å². The largest absolute Gasteiger partial charge is 0.464 e. The van der Waals surface area contributed by atoms with Gasteiger partial charge in [-0.15, -0.1) is 0 Å². The topological polar surface area (TPSA) is 64.6 Å². The Hall–Kier alpha value is -1.26. The lowest BCUT2D eigenvalue weighted by Crippen LogP contribution is -2.42. The Morgan fingerprint density at radius 2 is 1.65 bits per heavy atom. The molecule has 0 spiro atoms. The molecule has 1 unspecified atom stereocenters. The lowest BCUT2D eigenvalue weighted by Gasteiger charge is -2.17. The molecule has 0 aromatic rings. The first kappa shape index (κ1) is 18.7. The summed E-state index contributed by atoms with van der Waals surface area (Å²) in [4.78, 5) is 23.4. The quantitative estimate of drug-likeness (QED) is 0.467. The number of amides is 1. The summed E-state index contributed by atoms with van der Waals surface area (Å²) in [5.74, 6) is -0.378. The Kier molecular flexibility index (Phi) is 12.0. The zero-order chi connectivity index (χ0) is 15.2. The van der Waals surface area contributed by atoms with Gasteiger partial charge in [0, 0.05) is 0 Å². The fourth-order valence-electron chi connectivity index (χ4n) is 1.76. The third-order valence-corrected chi connectivity index (χ3v) is 2.94. The van der Waals surface area contributed by atoms with Gasteiger partial charge in [-0.1, -0.05) is 46.0 Å². The third-order valence-electron chi connectivity index (χ3n) is 2.94. The van der Waals surface area contributed by atoms with E-state index in [1.807, 2.05) is 6.92 Å². The van der Waals surface area contributed by atoms with Crippen LogP contribution in [0.3, 0.4) is 0 Å². The number of carbonyl (C=O) groups excluding carboxylic acids is 2. The second-order valence-corrected chi connectivity index (χ2v) is 4.79. The van der Waals surface area contributed by atoms with Crippen LogP contribution in [0.15, 0.2) is 0 Å². The molecule has 20 heavy (non-hydrogen) atoms. The van der Waals surface area contributed by atoms with Gasteiger partial charge >= 0.3 is 12.1 Å². The molecule has 0 rings (SSSR count). The molecule has 1 atom stereocenters. The van der Waals surface area contributed by atoms with Gasteiger partial charge < -0.3 is 14.8 Å². The second-order valence-electron chi connectivity index (χ2n) is 4.79. The molecular weight excluding hydrogens is 258 g/mol. The highest BCUT2D eigenvalue weighted by Gasteiger charge is 2.22. The molecular formula is C15H29NO4. The summed E-state index contributed by atoms with van der Waals surface area (Å²) in [7, 11) is 0. The molecule has 0 radical (unpaired) electrons. The van der Waals surface area contributed by atoms with Crippen LogP contribution in [-0.2, 0) is 14.3 Å². The van der Waals surface area contributed by atoms with Gasteiger partial charge in [-0.05, 0) is 19.8 Å².